The van der Waals surface area contributed by atoms with Gasteiger partial charge in [0.2, 0.25) is 0 Å². The summed E-state index contributed by atoms with van der Waals surface area (Å²) in [6.07, 6.45) is 1.32. The number of hydrogen-bond donors (Lipinski definition) is 1. The molecule has 4 heteroatoms. The Morgan fingerprint density at radius 2 is 2.24 bits per heavy atom. The Balaban J connectivity index is 1.80. The van der Waals surface area contributed by atoms with E-state index in [0.717, 1.165) is 43.0 Å². The van der Waals surface area contributed by atoms with Gasteiger partial charge in [-0.15, -0.1) is 0 Å². The summed E-state index contributed by atoms with van der Waals surface area (Å²) in [5.74, 6) is 0.960. The number of furan rings is 1. The number of benzene rings is 1. The highest BCUT2D eigenvalue weighted by Gasteiger charge is 2.30. The van der Waals surface area contributed by atoms with Gasteiger partial charge in [-0.05, 0) is 32.1 Å². The molecule has 1 aliphatic rings. The first-order chi connectivity index (χ1) is 10.3. The van der Waals surface area contributed by atoms with Crippen LogP contribution >= 0.6 is 0 Å². The molecule has 2 atom stereocenters. The SMILES string of the molecule is CCCN1CCOC(C(NC)c2cc3ccccc3o2)C1. The van der Waals surface area contributed by atoms with Crippen LogP contribution in [0.4, 0.5) is 0 Å². The van der Waals surface area contributed by atoms with Crippen molar-refractivity contribution >= 4 is 11.0 Å². The molecule has 2 unspecified atom stereocenters. The van der Waals surface area contributed by atoms with Crippen LogP contribution in [-0.4, -0.2) is 44.3 Å². The average Bonchev–Trinajstić information content (AvgIpc) is 2.92. The van der Waals surface area contributed by atoms with Gasteiger partial charge in [-0.25, -0.2) is 0 Å². The maximum absolute atomic E-state index is 6.01. The highest BCUT2D eigenvalue weighted by Crippen LogP contribution is 2.28. The molecule has 0 spiro atoms. The van der Waals surface area contributed by atoms with E-state index in [1.165, 1.54) is 6.42 Å². The van der Waals surface area contributed by atoms with Crippen molar-refractivity contribution < 1.29 is 9.15 Å². The van der Waals surface area contributed by atoms with E-state index in [1.807, 2.05) is 25.2 Å². The fourth-order valence-electron chi connectivity index (χ4n) is 3.12. The molecule has 1 aromatic carbocycles. The van der Waals surface area contributed by atoms with Gasteiger partial charge in [-0.2, -0.15) is 0 Å². The topological polar surface area (TPSA) is 37.6 Å². The maximum atomic E-state index is 6.01. The molecule has 1 N–H and O–H groups in total. The normalized spacial score (nSPS) is 21.7. The second kappa shape index (κ2) is 6.60. The lowest BCUT2D eigenvalue weighted by Crippen LogP contribution is -2.47. The van der Waals surface area contributed by atoms with Crippen LogP contribution < -0.4 is 5.32 Å². The Labute approximate surface area is 126 Å². The van der Waals surface area contributed by atoms with Gasteiger partial charge in [0.1, 0.15) is 11.3 Å². The zero-order chi connectivity index (χ0) is 14.7. The first-order valence-electron chi connectivity index (χ1n) is 7.81. The zero-order valence-electron chi connectivity index (χ0n) is 12.8. The summed E-state index contributed by atoms with van der Waals surface area (Å²) in [5.41, 5.74) is 0.939. The molecule has 114 valence electrons. The molecule has 2 heterocycles. The van der Waals surface area contributed by atoms with E-state index in [0.29, 0.717) is 0 Å². The predicted molar refractivity (Wildman–Crippen MR) is 84.5 cm³/mol. The number of ether oxygens (including phenoxy) is 1. The predicted octanol–water partition coefficient (Wildman–Crippen LogP) is 2.80. The van der Waals surface area contributed by atoms with Crippen LogP contribution in [-0.2, 0) is 4.74 Å². The van der Waals surface area contributed by atoms with Crippen molar-refractivity contribution in [1.82, 2.24) is 10.2 Å². The number of hydrogen-bond acceptors (Lipinski definition) is 4. The highest BCUT2D eigenvalue weighted by molar-refractivity contribution is 5.77. The van der Waals surface area contributed by atoms with Crippen LogP contribution in [0.2, 0.25) is 0 Å². The van der Waals surface area contributed by atoms with Crippen LogP contribution in [0.1, 0.15) is 25.1 Å². The van der Waals surface area contributed by atoms with Crippen molar-refractivity contribution in [2.45, 2.75) is 25.5 Å². The Morgan fingerprint density at radius 3 is 3.00 bits per heavy atom. The van der Waals surface area contributed by atoms with Crippen LogP contribution in [0.15, 0.2) is 34.7 Å². The van der Waals surface area contributed by atoms with Gasteiger partial charge in [0.15, 0.2) is 0 Å². The lowest BCUT2D eigenvalue weighted by atomic mass is 10.1. The maximum Gasteiger partial charge on any atom is 0.134 e. The van der Waals surface area contributed by atoms with Crippen LogP contribution in [0.3, 0.4) is 0 Å². The molecule has 1 fully saturated rings. The minimum absolute atomic E-state index is 0.0945. The van der Waals surface area contributed by atoms with E-state index >= 15 is 0 Å². The number of nitrogens with zero attached hydrogens (tertiary/aromatic N) is 1. The largest absolute Gasteiger partial charge is 0.459 e. The van der Waals surface area contributed by atoms with Gasteiger partial charge in [0.05, 0.1) is 18.8 Å². The van der Waals surface area contributed by atoms with Gasteiger partial charge in [0.25, 0.3) is 0 Å². The fourth-order valence-corrected chi connectivity index (χ4v) is 3.12. The Kier molecular flexibility index (Phi) is 4.58. The molecule has 1 aliphatic heterocycles. The van der Waals surface area contributed by atoms with Gasteiger partial charge in [-0.3, -0.25) is 4.90 Å². The zero-order valence-corrected chi connectivity index (χ0v) is 12.8. The summed E-state index contributed by atoms with van der Waals surface area (Å²) in [7, 11) is 1.97. The summed E-state index contributed by atoms with van der Waals surface area (Å²) in [6, 6.07) is 10.4. The quantitative estimate of drug-likeness (QED) is 0.918. The van der Waals surface area contributed by atoms with Crippen LogP contribution in [0.25, 0.3) is 11.0 Å². The number of para-hydroxylation sites is 1. The van der Waals surface area contributed by atoms with E-state index in [1.54, 1.807) is 0 Å². The smallest absolute Gasteiger partial charge is 0.134 e. The van der Waals surface area contributed by atoms with Crippen molar-refractivity contribution in [3.8, 4) is 0 Å². The summed E-state index contributed by atoms with van der Waals surface area (Å²) in [5, 5.41) is 4.51. The number of likely N-dealkylation sites (N-methyl/N-ethyl adjacent to an activating group) is 1. The minimum atomic E-state index is 0.0945. The summed E-state index contributed by atoms with van der Waals surface area (Å²) >= 11 is 0. The first-order valence-corrected chi connectivity index (χ1v) is 7.81. The van der Waals surface area contributed by atoms with Crippen molar-refractivity contribution in [3.63, 3.8) is 0 Å². The van der Waals surface area contributed by atoms with E-state index < -0.39 is 0 Å². The molecule has 0 bridgehead atoms. The van der Waals surface area contributed by atoms with Crippen molar-refractivity contribution in [2.75, 3.05) is 33.3 Å². The molecule has 0 saturated carbocycles. The summed E-state index contributed by atoms with van der Waals surface area (Å²) in [6.45, 7) is 6.13. The molecule has 4 nitrogen and oxygen atoms in total. The van der Waals surface area contributed by atoms with E-state index in [-0.39, 0.29) is 12.1 Å². The molecule has 21 heavy (non-hydrogen) atoms. The van der Waals surface area contributed by atoms with Crippen LogP contribution in [0, 0.1) is 0 Å². The molecular formula is C17H24N2O2. The van der Waals surface area contributed by atoms with E-state index in [9.17, 15) is 0 Å². The number of fused-ring (bicyclic) bond motifs is 1. The standard InChI is InChI=1S/C17H24N2O2/c1-3-8-19-9-10-20-16(12-19)17(18-2)15-11-13-6-4-5-7-14(13)21-15/h4-7,11,16-18H,3,8-10,12H2,1-2H3. The van der Waals surface area contributed by atoms with Crippen LogP contribution in [0.5, 0.6) is 0 Å². The third-order valence-corrected chi connectivity index (χ3v) is 4.15. The number of rotatable bonds is 5. The van der Waals surface area contributed by atoms with Crippen molar-refractivity contribution in [3.05, 3.63) is 36.1 Å². The number of nitrogens with one attached hydrogen (secondary N) is 1. The molecule has 0 radical (unpaired) electrons. The fraction of sp³-hybridized carbons (Fsp3) is 0.529. The second-order valence-corrected chi connectivity index (χ2v) is 5.66. The third kappa shape index (κ3) is 3.12. The third-order valence-electron chi connectivity index (χ3n) is 4.15. The monoisotopic (exact) mass is 288 g/mol. The van der Waals surface area contributed by atoms with E-state index in [2.05, 4.69) is 29.3 Å². The first kappa shape index (κ1) is 14.6. The molecular weight excluding hydrogens is 264 g/mol. The van der Waals surface area contributed by atoms with Gasteiger partial charge in [0, 0.05) is 18.5 Å². The Bertz CT molecular complexity index is 546. The van der Waals surface area contributed by atoms with E-state index in [4.69, 9.17) is 9.15 Å². The van der Waals surface area contributed by atoms with Gasteiger partial charge >= 0.3 is 0 Å². The highest BCUT2D eigenvalue weighted by atomic mass is 16.5. The Hall–Kier alpha value is -1.36. The molecule has 0 amide bonds. The number of morpholine rings is 1. The van der Waals surface area contributed by atoms with Gasteiger partial charge in [-0.1, -0.05) is 25.1 Å². The molecule has 0 aliphatic carbocycles. The molecule has 3 rings (SSSR count). The Morgan fingerprint density at radius 1 is 1.38 bits per heavy atom. The average molecular weight is 288 g/mol. The molecule has 1 saturated heterocycles. The molecule has 1 aromatic heterocycles. The molecule has 2 aromatic rings. The van der Waals surface area contributed by atoms with Crippen molar-refractivity contribution in [2.24, 2.45) is 0 Å². The minimum Gasteiger partial charge on any atom is -0.459 e. The lowest BCUT2D eigenvalue weighted by Gasteiger charge is -2.36. The van der Waals surface area contributed by atoms with Crippen molar-refractivity contribution in [1.29, 1.82) is 0 Å². The second-order valence-electron chi connectivity index (χ2n) is 5.66. The van der Waals surface area contributed by atoms with Gasteiger partial charge < -0.3 is 14.5 Å². The lowest BCUT2D eigenvalue weighted by molar-refractivity contribution is -0.0488. The summed E-state index contributed by atoms with van der Waals surface area (Å²) in [4.78, 5) is 2.47. The summed E-state index contributed by atoms with van der Waals surface area (Å²) < 4.78 is 12.0.